The first-order valence-electron chi connectivity index (χ1n) is 4.71. The third-order valence-corrected chi connectivity index (χ3v) is 2.61. The van der Waals surface area contributed by atoms with Gasteiger partial charge in [0.2, 0.25) is 0 Å². The molecule has 2 rings (SSSR count). The van der Waals surface area contributed by atoms with Crippen LogP contribution in [0, 0.1) is 17.2 Å². The smallest absolute Gasteiger partial charge is 0.117 e. The number of nitriles is 1. The Morgan fingerprint density at radius 1 is 1.50 bits per heavy atom. The summed E-state index contributed by atoms with van der Waals surface area (Å²) in [5.74, 6) is 0.527. The van der Waals surface area contributed by atoms with E-state index in [0.717, 1.165) is 18.5 Å². The number of hydrogen-bond donors (Lipinski definition) is 1. The molecule has 0 aliphatic heterocycles. The lowest BCUT2D eigenvalue weighted by Crippen LogP contribution is -2.19. The second-order valence-electron chi connectivity index (χ2n) is 3.60. The molecule has 0 heterocycles. The van der Waals surface area contributed by atoms with Gasteiger partial charge in [0.25, 0.3) is 0 Å². The SMILES string of the molecule is N#CC(Nc1cccc(Cl)c1)C1CC1. The van der Waals surface area contributed by atoms with Crippen molar-refractivity contribution in [2.24, 2.45) is 5.92 Å². The molecule has 1 saturated carbocycles. The highest BCUT2D eigenvalue weighted by Crippen LogP contribution is 2.34. The van der Waals surface area contributed by atoms with E-state index < -0.39 is 0 Å². The second kappa shape index (κ2) is 3.89. The van der Waals surface area contributed by atoms with Gasteiger partial charge in [0.15, 0.2) is 0 Å². The van der Waals surface area contributed by atoms with E-state index in [1.54, 1.807) is 0 Å². The van der Waals surface area contributed by atoms with Gasteiger partial charge in [0.1, 0.15) is 6.04 Å². The van der Waals surface area contributed by atoms with Crippen molar-refractivity contribution in [2.75, 3.05) is 5.32 Å². The molecular weight excluding hydrogens is 196 g/mol. The third-order valence-electron chi connectivity index (χ3n) is 2.38. The number of benzene rings is 1. The van der Waals surface area contributed by atoms with Crippen LogP contribution in [0.4, 0.5) is 5.69 Å². The van der Waals surface area contributed by atoms with Crippen LogP contribution in [0.1, 0.15) is 12.8 Å². The zero-order chi connectivity index (χ0) is 9.97. The van der Waals surface area contributed by atoms with E-state index in [-0.39, 0.29) is 6.04 Å². The lowest BCUT2D eigenvalue weighted by atomic mass is 10.2. The van der Waals surface area contributed by atoms with Gasteiger partial charge in [-0.05, 0) is 37.0 Å². The van der Waals surface area contributed by atoms with Gasteiger partial charge < -0.3 is 5.32 Å². The summed E-state index contributed by atoms with van der Waals surface area (Å²) in [6.45, 7) is 0. The Morgan fingerprint density at radius 2 is 2.29 bits per heavy atom. The van der Waals surface area contributed by atoms with Gasteiger partial charge in [-0.15, -0.1) is 0 Å². The third kappa shape index (κ3) is 2.18. The lowest BCUT2D eigenvalue weighted by Gasteiger charge is -2.11. The lowest BCUT2D eigenvalue weighted by molar-refractivity contribution is 0.767. The van der Waals surface area contributed by atoms with Gasteiger partial charge in [0, 0.05) is 10.7 Å². The summed E-state index contributed by atoms with van der Waals surface area (Å²) in [5.41, 5.74) is 0.927. The minimum Gasteiger partial charge on any atom is -0.370 e. The molecule has 1 unspecified atom stereocenters. The van der Waals surface area contributed by atoms with E-state index in [4.69, 9.17) is 16.9 Å². The van der Waals surface area contributed by atoms with Crippen LogP contribution < -0.4 is 5.32 Å². The van der Waals surface area contributed by atoms with Crippen LogP contribution in [-0.2, 0) is 0 Å². The first-order valence-corrected chi connectivity index (χ1v) is 5.09. The van der Waals surface area contributed by atoms with Crippen molar-refractivity contribution in [3.8, 4) is 6.07 Å². The van der Waals surface area contributed by atoms with E-state index >= 15 is 0 Å². The summed E-state index contributed by atoms with van der Waals surface area (Å²) in [5, 5.41) is 12.8. The van der Waals surface area contributed by atoms with Crippen molar-refractivity contribution in [3.63, 3.8) is 0 Å². The molecule has 0 saturated heterocycles. The number of nitrogens with one attached hydrogen (secondary N) is 1. The highest BCUT2D eigenvalue weighted by atomic mass is 35.5. The molecule has 1 N–H and O–H groups in total. The Morgan fingerprint density at radius 3 is 2.86 bits per heavy atom. The number of nitrogens with zero attached hydrogens (tertiary/aromatic N) is 1. The molecule has 1 aromatic rings. The Hall–Kier alpha value is -1.20. The molecule has 0 radical (unpaired) electrons. The summed E-state index contributed by atoms with van der Waals surface area (Å²) in [7, 11) is 0. The average Bonchev–Trinajstić information content (AvgIpc) is 2.97. The van der Waals surface area contributed by atoms with Crippen molar-refractivity contribution >= 4 is 17.3 Å². The average molecular weight is 207 g/mol. The summed E-state index contributed by atoms with van der Waals surface area (Å²) in [6, 6.07) is 9.69. The standard InChI is InChI=1S/C11H11ClN2/c12-9-2-1-3-10(6-9)14-11(7-13)8-4-5-8/h1-3,6,8,11,14H,4-5H2. The first-order chi connectivity index (χ1) is 6.79. The molecule has 1 atom stereocenters. The highest BCUT2D eigenvalue weighted by molar-refractivity contribution is 6.30. The molecule has 2 nitrogen and oxygen atoms in total. The maximum absolute atomic E-state index is 8.92. The van der Waals surface area contributed by atoms with E-state index in [1.165, 1.54) is 0 Å². The summed E-state index contributed by atoms with van der Waals surface area (Å²) < 4.78 is 0. The molecule has 0 bridgehead atoms. The molecule has 0 aromatic heterocycles. The van der Waals surface area contributed by atoms with Crippen LogP contribution in [-0.4, -0.2) is 6.04 Å². The molecule has 0 amide bonds. The van der Waals surface area contributed by atoms with E-state index in [1.807, 2.05) is 24.3 Å². The van der Waals surface area contributed by atoms with Crippen molar-refractivity contribution in [1.29, 1.82) is 5.26 Å². The largest absolute Gasteiger partial charge is 0.370 e. The fraction of sp³-hybridized carbons (Fsp3) is 0.364. The number of rotatable bonds is 3. The summed E-state index contributed by atoms with van der Waals surface area (Å²) in [4.78, 5) is 0. The topological polar surface area (TPSA) is 35.8 Å². The van der Waals surface area contributed by atoms with Crippen molar-refractivity contribution < 1.29 is 0 Å². The maximum Gasteiger partial charge on any atom is 0.117 e. The normalized spacial score (nSPS) is 17.1. The number of hydrogen-bond acceptors (Lipinski definition) is 2. The molecule has 1 aromatic carbocycles. The van der Waals surface area contributed by atoms with Gasteiger partial charge in [0.05, 0.1) is 6.07 Å². The first kappa shape index (κ1) is 9.36. The van der Waals surface area contributed by atoms with Crippen LogP contribution in [0.2, 0.25) is 5.02 Å². The van der Waals surface area contributed by atoms with Gasteiger partial charge >= 0.3 is 0 Å². The zero-order valence-electron chi connectivity index (χ0n) is 7.70. The maximum atomic E-state index is 8.92. The molecule has 1 aliphatic carbocycles. The van der Waals surface area contributed by atoms with E-state index in [2.05, 4.69) is 11.4 Å². The molecule has 3 heteroatoms. The summed E-state index contributed by atoms with van der Waals surface area (Å²) >= 11 is 5.84. The molecule has 1 fully saturated rings. The second-order valence-corrected chi connectivity index (χ2v) is 4.04. The van der Waals surface area contributed by atoms with Gasteiger partial charge in [-0.3, -0.25) is 0 Å². The minimum absolute atomic E-state index is 0.0616. The fourth-order valence-corrected chi connectivity index (χ4v) is 1.63. The van der Waals surface area contributed by atoms with Crippen molar-refractivity contribution in [3.05, 3.63) is 29.3 Å². The van der Waals surface area contributed by atoms with Crippen LogP contribution in [0.25, 0.3) is 0 Å². The Labute approximate surface area is 88.5 Å². The van der Waals surface area contributed by atoms with Crippen LogP contribution in [0.15, 0.2) is 24.3 Å². The van der Waals surface area contributed by atoms with Gasteiger partial charge in [-0.1, -0.05) is 17.7 Å². The van der Waals surface area contributed by atoms with Crippen LogP contribution in [0.3, 0.4) is 0 Å². The molecule has 1 aliphatic rings. The summed E-state index contributed by atoms with van der Waals surface area (Å²) in [6.07, 6.45) is 2.32. The Bertz CT molecular complexity index is 366. The molecular formula is C11H11ClN2. The van der Waals surface area contributed by atoms with E-state index in [0.29, 0.717) is 10.9 Å². The fourth-order valence-electron chi connectivity index (χ4n) is 1.44. The molecule has 0 spiro atoms. The molecule has 72 valence electrons. The quantitative estimate of drug-likeness (QED) is 0.825. The Balaban J connectivity index is 2.05. The number of halogens is 1. The highest BCUT2D eigenvalue weighted by Gasteiger charge is 2.31. The Kier molecular flexibility index (Phi) is 2.60. The predicted octanol–water partition coefficient (Wildman–Crippen LogP) is 3.05. The zero-order valence-corrected chi connectivity index (χ0v) is 8.46. The predicted molar refractivity (Wildman–Crippen MR) is 57.2 cm³/mol. The van der Waals surface area contributed by atoms with Crippen molar-refractivity contribution in [2.45, 2.75) is 18.9 Å². The minimum atomic E-state index is -0.0616. The monoisotopic (exact) mass is 206 g/mol. The van der Waals surface area contributed by atoms with Gasteiger partial charge in [-0.25, -0.2) is 0 Å². The van der Waals surface area contributed by atoms with Crippen LogP contribution >= 0.6 is 11.6 Å². The number of anilines is 1. The van der Waals surface area contributed by atoms with E-state index in [9.17, 15) is 0 Å². The van der Waals surface area contributed by atoms with Crippen molar-refractivity contribution in [1.82, 2.24) is 0 Å². The molecule has 14 heavy (non-hydrogen) atoms. The van der Waals surface area contributed by atoms with Gasteiger partial charge in [-0.2, -0.15) is 5.26 Å². The van der Waals surface area contributed by atoms with Crippen LogP contribution in [0.5, 0.6) is 0 Å².